The Hall–Kier alpha value is -1.39. The fourth-order valence-electron chi connectivity index (χ4n) is 2.81. The highest BCUT2D eigenvalue weighted by molar-refractivity contribution is 5.98. The minimum atomic E-state index is -0.882. The molecule has 1 unspecified atom stereocenters. The summed E-state index contributed by atoms with van der Waals surface area (Å²) in [5.41, 5.74) is -0.287. The van der Waals surface area contributed by atoms with Crippen LogP contribution in [-0.4, -0.2) is 34.3 Å². The highest BCUT2D eigenvalue weighted by Crippen LogP contribution is 2.32. The molecule has 20 heavy (non-hydrogen) atoms. The van der Waals surface area contributed by atoms with Crippen LogP contribution in [0.15, 0.2) is 0 Å². The largest absolute Gasteiger partial charge is 0.481 e. The molecule has 0 aromatic heterocycles. The normalized spacial score (nSPS) is 20.4. The monoisotopic (exact) mass is 283 g/mol. The molecule has 0 aromatic carbocycles. The number of amides is 2. The number of nitrogens with zero attached hydrogens (tertiary/aromatic N) is 1. The fraction of sp³-hybridized carbons (Fsp3) is 0.800. The van der Waals surface area contributed by atoms with Gasteiger partial charge >= 0.3 is 5.97 Å². The van der Waals surface area contributed by atoms with E-state index in [1.807, 2.05) is 27.7 Å². The number of carboxylic acids is 1. The first kappa shape index (κ1) is 16.7. The van der Waals surface area contributed by atoms with Crippen LogP contribution in [0.2, 0.25) is 0 Å². The average Bonchev–Trinajstić information content (AvgIpc) is 2.19. The second-order valence-electron chi connectivity index (χ2n) is 7.01. The lowest BCUT2D eigenvalue weighted by Crippen LogP contribution is -2.48. The van der Waals surface area contributed by atoms with E-state index in [4.69, 9.17) is 5.11 Å². The molecular weight excluding hydrogens is 258 g/mol. The molecule has 1 heterocycles. The van der Waals surface area contributed by atoms with Crippen molar-refractivity contribution in [1.82, 2.24) is 4.90 Å². The van der Waals surface area contributed by atoms with E-state index in [0.717, 1.165) is 0 Å². The Morgan fingerprint density at radius 2 is 1.75 bits per heavy atom. The number of carbonyl (C=O) groups is 3. The summed E-state index contributed by atoms with van der Waals surface area (Å²) in [5.74, 6) is -1.06. The van der Waals surface area contributed by atoms with E-state index in [0.29, 0.717) is 25.2 Å². The van der Waals surface area contributed by atoms with Gasteiger partial charge in [-0.15, -0.1) is 0 Å². The molecule has 1 fully saturated rings. The van der Waals surface area contributed by atoms with Crippen molar-refractivity contribution >= 4 is 17.8 Å². The molecule has 5 nitrogen and oxygen atoms in total. The lowest BCUT2D eigenvalue weighted by Gasteiger charge is -2.36. The van der Waals surface area contributed by atoms with Crippen molar-refractivity contribution in [2.45, 2.75) is 53.4 Å². The van der Waals surface area contributed by atoms with Gasteiger partial charge in [-0.25, -0.2) is 0 Å². The van der Waals surface area contributed by atoms with E-state index in [2.05, 4.69) is 0 Å². The van der Waals surface area contributed by atoms with Crippen LogP contribution < -0.4 is 0 Å². The van der Waals surface area contributed by atoms with E-state index < -0.39 is 5.97 Å². The van der Waals surface area contributed by atoms with E-state index >= 15 is 0 Å². The molecule has 114 valence electrons. The molecule has 0 aliphatic carbocycles. The molecule has 0 spiro atoms. The van der Waals surface area contributed by atoms with Crippen molar-refractivity contribution in [2.75, 3.05) is 6.54 Å². The summed E-state index contributed by atoms with van der Waals surface area (Å²) in [4.78, 5) is 36.3. The standard InChI is InChI=1S/C15H25NO4/c1-10(2)5-11(6-14(19)20)9-16-12(17)7-15(3,4)8-13(16)18/h10-11H,5-9H2,1-4H3,(H,19,20). The number of aliphatic carboxylic acids is 1. The van der Waals surface area contributed by atoms with Gasteiger partial charge in [0.1, 0.15) is 0 Å². The van der Waals surface area contributed by atoms with Crippen molar-refractivity contribution in [2.24, 2.45) is 17.3 Å². The van der Waals surface area contributed by atoms with Crippen molar-refractivity contribution in [3.05, 3.63) is 0 Å². The maximum absolute atomic E-state index is 12.1. The van der Waals surface area contributed by atoms with Crippen LogP contribution in [-0.2, 0) is 14.4 Å². The van der Waals surface area contributed by atoms with Crippen LogP contribution in [0.5, 0.6) is 0 Å². The zero-order chi connectivity index (χ0) is 15.5. The number of rotatable bonds is 6. The first-order valence-electron chi connectivity index (χ1n) is 7.15. The first-order valence-corrected chi connectivity index (χ1v) is 7.15. The molecule has 1 saturated heterocycles. The Morgan fingerprint density at radius 1 is 1.25 bits per heavy atom. The van der Waals surface area contributed by atoms with Crippen molar-refractivity contribution < 1.29 is 19.5 Å². The summed E-state index contributed by atoms with van der Waals surface area (Å²) in [6.07, 6.45) is 1.39. The number of piperidine rings is 1. The van der Waals surface area contributed by atoms with Gasteiger partial charge < -0.3 is 5.11 Å². The number of hydrogen-bond donors (Lipinski definition) is 1. The third-order valence-corrected chi connectivity index (χ3v) is 3.57. The Morgan fingerprint density at radius 3 is 2.15 bits per heavy atom. The van der Waals surface area contributed by atoms with Crippen LogP contribution in [0.4, 0.5) is 0 Å². The van der Waals surface area contributed by atoms with Gasteiger partial charge in [0, 0.05) is 25.8 Å². The van der Waals surface area contributed by atoms with Crippen molar-refractivity contribution in [3.8, 4) is 0 Å². The Labute approximate surface area is 120 Å². The Kier molecular flexibility index (Phi) is 5.31. The van der Waals surface area contributed by atoms with E-state index in [1.54, 1.807) is 0 Å². The van der Waals surface area contributed by atoms with Gasteiger partial charge in [0.05, 0.1) is 0 Å². The zero-order valence-corrected chi connectivity index (χ0v) is 12.8. The molecule has 0 radical (unpaired) electrons. The molecule has 1 aliphatic heterocycles. The van der Waals surface area contributed by atoms with Crippen molar-refractivity contribution in [3.63, 3.8) is 0 Å². The number of likely N-dealkylation sites (tertiary alicyclic amines) is 1. The molecule has 0 saturated carbocycles. The minimum absolute atomic E-state index is 0.00136. The smallest absolute Gasteiger partial charge is 0.303 e. The summed E-state index contributed by atoms with van der Waals surface area (Å²) < 4.78 is 0. The third-order valence-electron chi connectivity index (χ3n) is 3.57. The predicted octanol–water partition coefficient (Wildman–Crippen LogP) is 2.30. The second kappa shape index (κ2) is 6.37. The SMILES string of the molecule is CC(C)CC(CC(=O)O)CN1C(=O)CC(C)(C)CC1=O. The summed E-state index contributed by atoms with van der Waals surface area (Å²) in [5, 5.41) is 8.95. The maximum Gasteiger partial charge on any atom is 0.303 e. The lowest BCUT2D eigenvalue weighted by molar-refractivity contribution is -0.154. The van der Waals surface area contributed by atoms with E-state index in [1.165, 1.54) is 4.90 Å². The summed E-state index contributed by atoms with van der Waals surface area (Å²) >= 11 is 0. The number of hydrogen-bond acceptors (Lipinski definition) is 3. The van der Waals surface area contributed by atoms with Gasteiger partial charge in [0.25, 0.3) is 0 Å². The topological polar surface area (TPSA) is 74.7 Å². The summed E-state index contributed by atoms with van der Waals surface area (Å²) in [6.45, 7) is 8.07. The molecule has 2 amide bonds. The van der Waals surface area contributed by atoms with Crippen LogP contribution >= 0.6 is 0 Å². The molecule has 1 N–H and O–H groups in total. The summed E-state index contributed by atoms with van der Waals surface area (Å²) in [6, 6.07) is 0. The number of carboxylic acid groups (broad SMARTS) is 1. The zero-order valence-electron chi connectivity index (χ0n) is 12.8. The van der Waals surface area contributed by atoms with Gasteiger partial charge in [0.15, 0.2) is 0 Å². The minimum Gasteiger partial charge on any atom is -0.481 e. The first-order chi connectivity index (χ1) is 9.10. The number of carbonyl (C=O) groups excluding carboxylic acids is 2. The average molecular weight is 283 g/mol. The molecule has 0 aromatic rings. The van der Waals surface area contributed by atoms with Gasteiger partial charge in [-0.05, 0) is 23.7 Å². The van der Waals surface area contributed by atoms with Gasteiger partial charge in [-0.2, -0.15) is 0 Å². The molecule has 5 heteroatoms. The molecular formula is C15H25NO4. The van der Waals surface area contributed by atoms with Crippen LogP contribution in [0.3, 0.4) is 0 Å². The molecule has 1 aliphatic rings. The van der Waals surface area contributed by atoms with Gasteiger partial charge in [-0.3, -0.25) is 19.3 Å². The molecule has 0 bridgehead atoms. The molecule has 1 atom stereocenters. The van der Waals surface area contributed by atoms with E-state index in [9.17, 15) is 14.4 Å². The fourth-order valence-corrected chi connectivity index (χ4v) is 2.81. The van der Waals surface area contributed by atoms with Crippen molar-refractivity contribution in [1.29, 1.82) is 0 Å². The van der Waals surface area contributed by atoms with Gasteiger partial charge in [0.2, 0.25) is 11.8 Å². The highest BCUT2D eigenvalue weighted by Gasteiger charge is 2.38. The highest BCUT2D eigenvalue weighted by atomic mass is 16.4. The lowest BCUT2D eigenvalue weighted by atomic mass is 9.81. The number of imide groups is 1. The van der Waals surface area contributed by atoms with Crippen LogP contribution in [0, 0.1) is 17.3 Å². The van der Waals surface area contributed by atoms with Crippen LogP contribution in [0.25, 0.3) is 0 Å². The second-order valence-corrected chi connectivity index (χ2v) is 7.01. The predicted molar refractivity (Wildman–Crippen MR) is 74.9 cm³/mol. The molecule has 1 rings (SSSR count). The van der Waals surface area contributed by atoms with Gasteiger partial charge in [-0.1, -0.05) is 27.7 Å². The van der Waals surface area contributed by atoms with E-state index in [-0.39, 0.29) is 36.1 Å². The quantitative estimate of drug-likeness (QED) is 0.759. The Bertz CT molecular complexity index is 381. The summed E-state index contributed by atoms with van der Waals surface area (Å²) in [7, 11) is 0. The third kappa shape index (κ3) is 4.94. The Balaban J connectivity index is 2.74. The maximum atomic E-state index is 12.1. The van der Waals surface area contributed by atoms with Crippen LogP contribution in [0.1, 0.15) is 53.4 Å².